The zero-order chi connectivity index (χ0) is 20.0. The molecule has 3 rings (SSSR count). The Hall–Kier alpha value is -3.52. The van der Waals surface area contributed by atoms with Crippen molar-refractivity contribution in [3.63, 3.8) is 0 Å². The van der Waals surface area contributed by atoms with Crippen LogP contribution in [0.2, 0.25) is 0 Å². The van der Waals surface area contributed by atoms with Crippen molar-refractivity contribution in [2.45, 2.75) is 11.8 Å². The first kappa shape index (κ1) is 19.2. The van der Waals surface area contributed by atoms with E-state index >= 15 is 0 Å². The monoisotopic (exact) mass is 398 g/mol. The number of hydrogen-bond acceptors (Lipinski definition) is 5. The topological polar surface area (TPSA) is 93.7 Å². The smallest absolute Gasteiger partial charge is 0.352 e. The summed E-state index contributed by atoms with van der Waals surface area (Å²) in [6, 6.07) is 20.6. The van der Waals surface area contributed by atoms with Gasteiger partial charge >= 0.3 is 16.1 Å². The fourth-order valence-electron chi connectivity index (χ4n) is 2.29. The maximum absolute atomic E-state index is 12.3. The molecule has 0 aliphatic heterocycles. The zero-order valence-electron chi connectivity index (χ0n) is 15.0. The van der Waals surface area contributed by atoms with Gasteiger partial charge in [0.05, 0.1) is 0 Å². The molecule has 7 nitrogen and oxygen atoms in total. The lowest BCUT2D eigenvalue weighted by Crippen LogP contribution is -2.31. The number of hydrogen-bond donors (Lipinski definition) is 2. The van der Waals surface area contributed by atoms with E-state index in [1.165, 1.54) is 36.4 Å². The number of nitrogens with one attached hydrogen (secondary N) is 2. The van der Waals surface area contributed by atoms with Crippen molar-refractivity contribution < 1.29 is 22.2 Å². The molecule has 0 aliphatic rings. The third kappa shape index (κ3) is 5.24. The van der Waals surface area contributed by atoms with Crippen LogP contribution in [-0.2, 0) is 10.1 Å². The first-order valence-corrected chi connectivity index (χ1v) is 9.73. The fraction of sp³-hybridized carbons (Fsp3) is 0.0500. The summed E-state index contributed by atoms with van der Waals surface area (Å²) < 4.78 is 29.8. The number of anilines is 1. The maximum Gasteiger partial charge on any atom is 0.352 e. The van der Waals surface area contributed by atoms with E-state index in [-0.39, 0.29) is 10.6 Å². The minimum atomic E-state index is -3.93. The largest absolute Gasteiger partial charge is 0.379 e. The molecule has 28 heavy (non-hydrogen) atoms. The summed E-state index contributed by atoms with van der Waals surface area (Å²) in [5.41, 5.74) is 3.50. The third-order valence-corrected chi connectivity index (χ3v) is 4.84. The Kier molecular flexibility index (Phi) is 5.81. The van der Waals surface area contributed by atoms with Gasteiger partial charge < -0.3 is 14.3 Å². The normalized spacial score (nSPS) is 10.8. The average Bonchev–Trinajstić information content (AvgIpc) is 2.68. The van der Waals surface area contributed by atoms with E-state index in [9.17, 15) is 13.2 Å². The van der Waals surface area contributed by atoms with Gasteiger partial charge in [0.1, 0.15) is 10.6 Å². The summed E-state index contributed by atoms with van der Waals surface area (Å²) in [5, 5.41) is 2.56. The Bertz CT molecular complexity index is 1050. The van der Waals surface area contributed by atoms with E-state index in [2.05, 4.69) is 10.8 Å². The van der Waals surface area contributed by atoms with Crippen molar-refractivity contribution in [2.75, 3.05) is 5.32 Å². The first-order valence-electron chi connectivity index (χ1n) is 8.32. The van der Waals surface area contributed by atoms with Crippen molar-refractivity contribution in [1.29, 1.82) is 0 Å². The van der Waals surface area contributed by atoms with Crippen molar-refractivity contribution in [2.24, 2.45) is 0 Å². The van der Waals surface area contributed by atoms with E-state index in [4.69, 9.17) is 9.02 Å². The van der Waals surface area contributed by atoms with E-state index in [0.29, 0.717) is 11.4 Å². The van der Waals surface area contributed by atoms with E-state index in [0.717, 1.165) is 5.56 Å². The minimum absolute atomic E-state index is 0.0761. The van der Waals surface area contributed by atoms with Crippen LogP contribution in [0.3, 0.4) is 0 Å². The van der Waals surface area contributed by atoms with Crippen molar-refractivity contribution in [1.82, 2.24) is 5.48 Å². The van der Waals surface area contributed by atoms with Crippen molar-refractivity contribution in [3.05, 3.63) is 84.4 Å². The summed E-state index contributed by atoms with van der Waals surface area (Å²) >= 11 is 0. The maximum atomic E-state index is 12.3. The second-order valence-electron chi connectivity index (χ2n) is 5.85. The van der Waals surface area contributed by atoms with Gasteiger partial charge in [0.25, 0.3) is 0 Å². The van der Waals surface area contributed by atoms with Crippen LogP contribution >= 0.6 is 0 Å². The van der Waals surface area contributed by atoms with Crippen LogP contribution in [0, 0.1) is 6.92 Å². The molecule has 0 fully saturated rings. The molecule has 8 heteroatoms. The molecule has 0 heterocycles. The molecule has 0 saturated heterocycles. The Morgan fingerprint density at radius 1 is 0.857 bits per heavy atom. The summed E-state index contributed by atoms with van der Waals surface area (Å²) in [4.78, 5) is 17.0. The van der Waals surface area contributed by atoms with Gasteiger partial charge in [-0.15, -0.1) is 0 Å². The van der Waals surface area contributed by atoms with Gasteiger partial charge in [0, 0.05) is 5.69 Å². The number of urea groups is 1. The summed E-state index contributed by atoms with van der Waals surface area (Å²) in [6.07, 6.45) is 0. The average molecular weight is 398 g/mol. The molecule has 0 radical (unpaired) electrons. The van der Waals surface area contributed by atoms with Crippen LogP contribution in [0.5, 0.6) is 11.5 Å². The molecule has 0 aromatic heterocycles. The molecule has 0 aliphatic carbocycles. The Balaban J connectivity index is 1.58. The van der Waals surface area contributed by atoms with E-state index < -0.39 is 16.1 Å². The molecule has 0 spiro atoms. The summed E-state index contributed by atoms with van der Waals surface area (Å²) in [6.45, 7) is 1.80. The number of aryl methyl sites for hydroxylation is 1. The fourth-order valence-corrected chi connectivity index (χ4v) is 3.33. The highest BCUT2D eigenvalue weighted by molar-refractivity contribution is 7.87. The van der Waals surface area contributed by atoms with Gasteiger partial charge in [0.2, 0.25) is 0 Å². The second kappa shape index (κ2) is 8.45. The molecule has 0 atom stereocenters. The zero-order valence-corrected chi connectivity index (χ0v) is 15.8. The second-order valence-corrected chi connectivity index (χ2v) is 7.40. The Labute approximate surface area is 163 Å². The molecule has 2 amide bonds. The lowest BCUT2D eigenvalue weighted by Gasteiger charge is -2.10. The molecule has 0 unspecified atom stereocenters. The number of hydroxylamine groups is 1. The van der Waals surface area contributed by atoms with E-state index in [1.54, 1.807) is 43.3 Å². The third-order valence-electron chi connectivity index (χ3n) is 3.60. The molecule has 0 saturated carbocycles. The molecular weight excluding hydrogens is 380 g/mol. The van der Waals surface area contributed by atoms with Gasteiger partial charge in [-0.3, -0.25) is 0 Å². The van der Waals surface area contributed by atoms with Crippen molar-refractivity contribution in [3.8, 4) is 11.5 Å². The van der Waals surface area contributed by atoms with Gasteiger partial charge in [0.15, 0.2) is 5.75 Å². The summed E-state index contributed by atoms with van der Waals surface area (Å²) in [7, 11) is -3.93. The van der Waals surface area contributed by atoms with Crippen LogP contribution in [0.15, 0.2) is 83.8 Å². The lowest BCUT2D eigenvalue weighted by molar-refractivity contribution is 0.189. The van der Waals surface area contributed by atoms with Crippen LogP contribution in [-0.4, -0.2) is 14.4 Å². The quantitative estimate of drug-likeness (QED) is 0.485. The first-order chi connectivity index (χ1) is 13.4. The number of amides is 2. The SMILES string of the molecule is Cc1cccc(S(=O)(=O)Oc2ccc(NC(=O)NOc3ccccc3)cc2)c1. The van der Waals surface area contributed by atoms with Gasteiger partial charge in [-0.05, 0) is 61.0 Å². The van der Waals surface area contributed by atoms with Crippen LogP contribution in [0.25, 0.3) is 0 Å². The van der Waals surface area contributed by atoms with E-state index in [1.807, 2.05) is 6.07 Å². The highest BCUT2D eigenvalue weighted by atomic mass is 32.2. The lowest BCUT2D eigenvalue weighted by atomic mass is 10.2. The number of benzene rings is 3. The molecule has 3 aromatic carbocycles. The number of carbonyl (C=O) groups excluding carboxylic acids is 1. The van der Waals surface area contributed by atoms with Gasteiger partial charge in [-0.1, -0.05) is 30.3 Å². The number of para-hydroxylation sites is 1. The van der Waals surface area contributed by atoms with Crippen LogP contribution in [0.4, 0.5) is 10.5 Å². The Morgan fingerprint density at radius 2 is 1.57 bits per heavy atom. The predicted molar refractivity (Wildman–Crippen MR) is 105 cm³/mol. The van der Waals surface area contributed by atoms with Crippen LogP contribution in [0.1, 0.15) is 5.56 Å². The number of carbonyl (C=O) groups is 1. The van der Waals surface area contributed by atoms with Crippen molar-refractivity contribution >= 4 is 21.8 Å². The van der Waals surface area contributed by atoms with Gasteiger partial charge in [-0.2, -0.15) is 13.9 Å². The summed E-state index contributed by atoms with van der Waals surface area (Å²) in [5.74, 6) is 0.621. The highest BCUT2D eigenvalue weighted by Gasteiger charge is 2.16. The molecular formula is C20H18N2O5S. The molecule has 3 aromatic rings. The molecule has 0 bridgehead atoms. The predicted octanol–water partition coefficient (Wildman–Crippen LogP) is 3.88. The number of rotatable bonds is 6. The van der Waals surface area contributed by atoms with Crippen LogP contribution < -0.4 is 19.8 Å². The standard InChI is InChI=1S/C20H18N2O5S/c1-15-6-5-9-19(14-15)28(24,25)27-18-12-10-16(11-13-18)21-20(23)22-26-17-7-3-2-4-8-17/h2-14H,1H3,(H2,21,22,23). The highest BCUT2D eigenvalue weighted by Crippen LogP contribution is 2.21. The Morgan fingerprint density at radius 3 is 2.25 bits per heavy atom. The minimum Gasteiger partial charge on any atom is -0.379 e. The molecule has 2 N–H and O–H groups in total. The van der Waals surface area contributed by atoms with Gasteiger partial charge in [-0.25, -0.2) is 4.79 Å². The molecule has 144 valence electrons.